The molecule has 0 atom stereocenters. The molecule has 0 aliphatic heterocycles. The van der Waals surface area contributed by atoms with Crippen molar-refractivity contribution < 1.29 is 9.94 Å². The predicted octanol–water partition coefficient (Wildman–Crippen LogP) is 3.92. The van der Waals surface area contributed by atoms with E-state index in [1.165, 1.54) is 32.1 Å². The third-order valence-corrected chi connectivity index (χ3v) is 3.53. The Hall–Kier alpha value is -0.770. The van der Waals surface area contributed by atoms with Crippen LogP contribution in [0.25, 0.3) is 0 Å². The molecule has 0 fully saturated rings. The summed E-state index contributed by atoms with van der Waals surface area (Å²) in [7, 11) is 0. The first-order valence-corrected chi connectivity index (χ1v) is 7.60. The average molecular weight is 272 g/mol. The molecule has 0 amide bonds. The van der Waals surface area contributed by atoms with E-state index < -0.39 is 0 Å². The van der Waals surface area contributed by atoms with E-state index in [0.717, 1.165) is 32.5 Å². The topological polar surface area (TPSA) is 67.8 Å². The van der Waals surface area contributed by atoms with E-state index in [4.69, 9.17) is 15.7 Å². The molecule has 114 valence electrons. The highest BCUT2D eigenvalue weighted by Gasteiger charge is 2.22. The minimum Gasteiger partial charge on any atom is -0.409 e. The maximum Gasteiger partial charge on any atom is 0.144 e. The van der Waals surface area contributed by atoms with Crippen LogP contribution in [0.2, 0.25) is 0 Å². The molecule has 0 rings (SSSR count). The summed E-state index contributed by atoms with van der Waals surface area (Å²) in [6, 6.07) is 0. The van der Waals surface area contributed by atoms with E-state index in [1.807, 2.05) is 13.8 Å². The van der Waals surface area contributed by atoms with Gasteiger partial charge in [0.2, 0.25) is 0 Å². The van der Waals surface area contributed by atoms with Gasteiger partial charge in [0.15, 0.2) is 0 Å². The van der Waals surface area contributed by atoms with Crippen molar-refractivity contribution in [2.24, 2.45) is 16.3 Å². The zero-order valence-electron chi connectivity index (χ0n) is 13.0. The number of amidine groups is 1. The van der Waals surface area contributed by atoms with Crippen LogP contribution in [0.1, 0.15) is 72.1 Å². The van der Waals surface area contributed by atoms with Gasteiger partial charge >= 0.3 is 0 Å². The largest absolute Gasteiger partial charge is 0.409 e. The summed E-state index contributed by atoms with van der Waals surface area (Å²) >= 11 is 0. The number of oxime groups is 1. The molecule has 0 radical (unpaired) electrons. The van der Waals surface area contributed by atoms with Crippen molar-refractivity contribution in [1.29, 1.82) is 0 Å². The smallest absolute Gasteiger partial charge is 0.144 e. The Labute approximate surface area is 118 Å². The second-order valence-electron chi connectivity index (χ2n) is 5.85. The van der Waals surface area contributed by atoms with Crippen LogP contribution < -0.4 is 5.73 Å². The van der Waals surface area contributed by atoms with Crippen LogP contribution in [0.15, 0.2) is 5.16 Å². The first-order chi connectivity index (χ1) is 9.04. The molecule has 0 aromatic rings. The molecular formula is C15H32N2O2. The van der Waals surface area contributed by atoms with Crippen LogP contribution in [0.5, 0.6) is 0 Å². The highest BCUT2D eigenvalue weighted by atomic mass is 16.5. The fourth-order valence-electron chi connectivity index (χ4n) is 1.94. The van der Waals surface area contributed by atoms with E-state index in [-0.39, 0.29) is 5.41 Å². The minimum atomic E-state index is -0.227. The summed E-state index contributed by atoms with van der Waals surface area (Å²) in [6.45, 7) is 7.92. The quantitative estimate of drug-likeness (QED) is 0.186. The number of nitrogens with zero attached hydrogens (tertiary/aromatic N) is 1. The summed E-state index contributed by atoms with van der Waals surface area (Å²) in [5, 5.41) is 11.8. The first-order valence-electron chi connectivity index (χ1n) is 7.60. The lowest BCUT2D eigenvalue weighted by atomic mass is 9.86. The van der Waals surface area contributed by atoms with Gasteiger partial charge in [0.25, 0.3) is 0 Å². The van der Waals surface area contributed by atoms with Gasteiger partial charge in [-0.15, -0.1) is 0 Å². The number of unbranched alkanes of at least 4 members (excludes halogenated alkanes) is 5. The summed E-state index contributed by atoms with van der Waals surface area (Å²) in [4.78, 5) is 0. The fraction of sp³-hybridized carbons (Fsp3) is 0.933. The van der Waals surface area contributed by atoms with Crippen molar-refractivity contribution in [3.63, 3.8) is 0 Å². The molecule has 0 saturated carbocycles. The Morgan fingerprint density at radius 2 is 1.63 bits per heavy atom. The average Bonchev–Trinajstić information content (AvgIpc) is 2.39. The van der Waals surface area contributed by atoms with Gasteiger partial charge in [-0.3, -0.25) is 0 Å². The maximum absolute atomic E-state index is 8.67. The van der Waals surface area contributed by atoms with Crippen LogP contribution in [-0.4, -0.2) is 24.3 Å². The molecule has 19 heavy (non-hydrogen) atoms. The van der Waals surface area contributed by atoms with Gasteiger partial charge in [0.1, 0.15) is 5.84 Å². The molecule has 0 saturated heterocycles. The van der Waals surface area contributed by atoms with Gasteiger partial charge in [0, 0.05) is 18.6 Å². The minimum absolute atomic E-state index is 0.227. The van der Waals surface area contributed by atoms with Gasteiger partial charge < -0.3 is 15.7 Å². The second kappa shape index (κ2) is 11.1. The second-order valence-corrected chi connectivity index (χ2v) is 5.85. The molecule has 0 bridgehead atoms. The molecule has 0 aliphatic rings. The van der Waals surface area contributed by atoms with Crippen molar-refractivity contribution in [2.75, 3.05) is 13.2 Å². The number of hydrogen-bond acceptors (Lipinski definition) is 3. The SMILES string of the molecule is CCCCCCCOCCCCC(C)(C)C(N)=NO. The summed E-state index contributed by atoms with van der Waals surface area (Å²) in [6.07, 6.45) is 9.41. The van der Waals surface area contributed by atoms with Gasteiger partial charge in [-0.05, 0) is 19.3 Å². The Morgan fingerprint density at radius 3 is 2.21 bits per heavy atom. The lowest BCUT2D eigenvalue weighted by Crippen LogP contribution is -2.31. The molecule has 0 aromatic heterocycles. The lowest BCUT2D eigenvalue weighted by molar-refractivity contribution is 0.124. The zero-order valence-corrected chi connectivity index (χ0v) is 13.0. The first kappa shape index (κ1) is 18.2. The van der Waals surface area contributed by atoms with E-state index in [9.17, 15) is 0 Å². The zero-order chi connectivity index (χ0) is 14.6. The van der Waals surface area contributed by atoms with Crippen LogP contribution >= 0.6 is 0 Å². The van der Waals surface area contributed by atoms with E-state index in [2.05, 4.69) is 12.1 Å². The third-order valence-electron chi connectivity index (χ3n) is 3.53. The molecule has 4 heteroatoms. The summed E-state index contributed by atoms with van der Waals surface area (Å²) < 4.78 is 5.60. The summed E-state index contributed by atoms with van der Waals surface area (Å²) in [5.41, 5.74) is 5.41. The molecule has 0 heterocycles. The Morgan fingerprint density at radius 1 is 1.05 bits per heavy atom. The molecule has 3 N–H and O–H groups in total. The highest BCUT2D eigenvalue weighted by molar-refractivity contribution is 5.85. The Bertz CT molecular complexity index is 240. The fourth-order valence-corrected chi connectivity index (χ4v) is 1.94. The van der Waals surface area contributed by atoms with E-state index in [1.54, 1.807) is 0 Å². The summed E-state index contributed by atoms with van der Waals surface area (Å²) in [5.74, 6) is 0.310. The third kappa shape index (κ3) is 9.77. The van der Waals surface area contributed by atoms with Gasteiger partial charge in [-0.2, -0.15) is 0 Å². The number of ether oxygens (including phenoxy) is 1. The molecule has 0 spiro atoms. The van der Waals surface area contributed by atoms with Gasteiger partial charge in [0.05, 0.1) is 0 Å². The number of rotatable bonds is 12. The molecule has 0 aromatic carbocycles. The van der Waals surface area contributed by atoms with Crippen molar-refractivity contribution in [1.82, 2.24) is 0 Å². The van der Waals surface area contributed by atoms with Crippen molar-refractivity contribution >= 4 is 5.84 Å². The van der Waals surface area contributed by atoms with Gasteiger partial charge in [-0.1, -0.05) is 58.0 Å². The van der Waals surface area contributed by atoms with Crippen LogP contribution in [0.4, 0.5) is 0 Å². The van der Waals surface area contributed by atoms with Crippen LogP contribution in [-0.2, 0) is 4.74 Å². The molecular weight excluding hydrogens is 240 g/mol. The van der Waals surface area contributed by atoms with Crippen molar-refractivity contribution in [3.8, 4) is 0 Å². The maximum atomic E-state index is 8.67. The molecule has 0 unspecified atom stereocenters. The highest BCUT2D eigenvalue weighted by Crippen LogP contribution is 2.23. The van der Waals surface area contributed by atoms with Gasteiger partial charge in [-0.25, -0.2) is 0 Å². The Balaban J connectivity index is 3.36. The normalized spacial score (nSPS) is 12.9. The van der Waals surface area contributed by atoms with Crippen molar-refractivity contribution in [2.45, 2.75) is 72.1 Å². The number of nitrogens with two attached hydrogens (primary N) is 1. The van der Waals surface area contributed by atoms with Crippen molar-refractivity contribution in [3.05, 3.63) is 0 Å². The Kier molecular flexibility index (Phi) is 10.6. The molecule has 4 nitrogen and oxygen atoms in total. The lowest BCUT2D eigenvalue weighted by Gasteiger charge is -2.22. The van der Waals surface area contributed by atoms with Crippen LogP contribution in [0.3, 0.4) is 0 Å². The standard InChI is InChI=1S/C15H32N2O2/c1-4-5-6-7-9-12-19-13-10-8-11-15(2,3)14(16)17-18/h18H,4-13H2,1-3H3,(H2,16,17). The molecule has 0 aliphatic carbocycles. The van der Waals surface area contributed by atoms with E-state index >= 15 is 0 Å². The van der Waals surface area contributed by atoms with E-state index in [0.29, 0.717) is 5.84 Å². The monoisotopic (exact) mass is 272 g/mol. The predicted molar refractivity (Wildman–Crippen MR) is 80.6 cm³/mol. The van der Waals surface area contributed by atoms with Crippen LogP contribution in [0, 0.1) is 5.41 Å². The number of hydrogen-bond donors (Lipinski definition) is 2.